The number of aromatic nitrogens is 2. The molecular weight excluding hydrogens is 292 g/mol. The van der Waals surface area contributed by atoms with Crippen LogP contribution in [0.4, 0.5) is 10.7 Å². The smallest absolute Gasteiger partial charge is 0.407 e. The molecule has 6 nitrogen and oxygen atoms in total. The van der Waals surface area contributed by atoms with Gasteiger partial charge >= 0.3 is 6.09 Å². The molecule has 0 saturated carbocycles. The largest absolute Gasteiger partial charge is 0.444 e. The van der Waals surface area contributed by atoms with E-state index in [1.165, 1.54) is 0 Å². The lowest BCUT2D eigenvalue weighted by molar-refractivity contribution is 0.0509. The van der Waals surface area contributed by atoms with Crippen LogP contribution in [0.3, 0.4) is 0 Å². The maximum Gasteiger partial charge on any atom is 0.407 e. The van der Waals surface area contributed by atoms with Gasteiger partial charge in [-0.25, -0.2) is 14.8 Å². The molecule has 0 unspecified atom stereocenters. The lowest BCUT2D eigenvalue weighted by Crippen LogP contribution is -2.40. The molecule has 1 aromatic rings. The number of carbonyl (C=O) groups is 1. The summed E-state index contributed by atoms with van der Waals surface area (Å²) < 4.78 is 5.25. The number of nitrogens with zero attached hydrogens (tertiary/aromatic N) is 3. The molecule has 1 atom stereocenters. The highest BCUT2D eigenvalue weighted by Gasteiger charge is 2.27. The van der Waals surface area contributed by atoms with Gasteiger partial charge in [-0.1, -0.05) is 11.6 Å². The summed E-state index contributed by atoms with van der Waals surface area (Å²) in [6, 6.07) is 0.0310. The van der Waals surface area contributed by atoms with Gasteiger partial charge in [0, 0.05) is 24.8 Å². The van der Waals surface area contributed by atoms with Crippen LogP contribution in [-0.4, -0.2) is 40.8 Å². The van der Waals surface area contributed by atoms with E-state index in [1.54, 1.807) is 6.20 Å². The van der Waals surface area contributed by atoms with Gasteiger partial charge in [-0.05, 0) is 34.1 Å². The van der Waals surface area contributed by atoms with Crippen LogP contribution in [0, 0.1) is 6.92 Å². The van der Waals surface area contributed by atoms with Crippen molar-refractivity contribution in [3.63, 3.8) is 0 Å². The van der Waals surface area contributed by atoms with Gasteiger partial charge in [-0.2, -0.15) is 0 Å². The summed E-state index contributed by atoms with van der Waals surface area (Å²) in [5, 5.41) is 3.33. The number of amides is 1. The molecule has 1 amide bonds. The lowest BCUT2D eigenvalue weighted by atomic mass is 10.2. The first-order chi connectivity index (χ1) is 9.74. The van der Waals surface area contributed by atoms with Crippen molar-refractivity contribution >= 4 is 23.6 Å². The van der Waals surface area contributed by atoms with Crippen molar-refractivity contribution in [3.8, 4) is 0 Å². The number of aryl methyl sites for hydroxylation is 1. The Balaban J connectivity index is 1.91. The minimum absolute atomic E-state index is 0.0310. The van der Waals surface area contributed by atoms with Crippen LogP contribution in [0.1, 0.15) is 32.8 Å². The molecule has 2 heterocycles. The second-order valence-electron chi connectivity index (χ2n) is 6.22. The molecule has 7 heteroatoms. The van der Waals surface area contributed by atoms with Crippen LogP contribution in [0.25, 0.3) is 0 Å². The third-order valence-corrected chi connectivity index (χ3v) is 3.47. The first-order valence-electron chi connectivity index (χ1n) is 6.98. The molecule has 0 aromatic carbocycles. The highest BCUT2D eigenvalue weighted by Crippen LogP contribution is 2.20. The molecule has 0 spiro atoms. The molecule has 1 N–H and O–H groups in total. The van der Waals surface area contributed by atoms with Gasteiger partial charge in [0.25, 0.3) is 0 Å². The van der Waals surface area contributed by atoms with E-state index in [2.05, 4.69) is 15.3 Å². The van der Waals surface area contributed by atoms with E-state index in [0.717, 1.165) is 18.5 Å². The number of nitrogens with one attached hydrogen (secondary N) is 1. The van der Waals surface area contributed by atoms with Crippen LogP contribution in [0.2, 0.25) is 5.15 Å². The second kappa shape index (κ2) is 6.05. The third kappa shape index (κ3) is 4.46. The molecule has 0 aliphatic carbocycles. The molecule has 116 valence electrons. The maximum absolute atomic E-state index is 11.8. The molecule has 1 fully saturated rings. The molecule has 2 rings (SSSR count). The summed E-state index contributed by atoms with van der Waals surface area (Å²) >= 11 is 6.02. The second-order valence-corrected chi connectivity index (χ2v) is 6.58. The van der Waals surface area contributed by atoms with Crippen molar-refractivity contribution in [3.05, 3.63) is 16.9 Å². The van der Waals surface area contributed by atoms with E-state index in [9.17, 15) is 4.79 Å². The first kappa shape index (κ1) is 15.8. The van der Waals surface area contributed by atoms with Crippen molar-refractivity contribution in [2.24, 2.45) is 0 Å². The standard InChI is InChI=1S/C14H21ClN4O2/c1-9-7-16-12(18-11(9)15)19-6-5-10(8-19)17-13(20)21-14(2,3)4/h7,10H,5-6,8H2,1-4H3,(H,17,20)/t10-/m1/s1. The zero-order valence-corrected chi connectivity index (χ0v) is 13.6. The normalized spacial score (nSPS) is 18.7. The number of hydrogen-bond acceptors (Lipinski definition) is 5. The van der Waals surface area contributed by atoms with Crippen LogP contribution >= 0.6 is 11.6 Å². The average Bonchev–Trinajstić information content (AvgIpc) is 2.78. The number of carbonyl (C=O) groups excluding carboxylic acids is 1. The predicted octanol–water partition coefficient (Wildman–Crippen LogP) is 2.54. The average molecular weight is 313 g/mol. The van der Waals surface area contributed by atoms with E-state index in [4.69, 9.17) is 16.3 Å². The van der Waals surface area contributed by atoms with E-state index >= 15 is 0 Å². The fourth-order valence-electron chi connectivity index (χ4n) is 2.10. The molecule has 0 bridgehead atoms. The number of ether oxygens (including phenoxy) is 1. The Morgan fingerprint density at radius 1 is 1.52 bits per heavy atom. The number of halogens is 1. The zero-order chi connectivity index (χ0) is 15.6. The predicted molar refractivity (Wildman–Crippen MR) is 81.8 cm³/mol. The van der Waals surface area contributed by atoms with Crippen molar-refractivity contribution in [1.82, 2.24) is 15.3 Å². The number of hydrogen-bond donors (Lipinski definition) is 1. The minimum atomic E-state index is -0.490. The fraction of sp³-hybridized carbons (Fsp3) is 0.643. The quantitative estimate of drug-likeness (QED) is 0.850. The topological polar surface area (TPSA) is 67.4 Å². The molecule has 1 aliphatic heterocycles. The van der Waals surface area contributed by atoms with Crippen molar-refractivity contribution < 1.29 is 9.53 Å². The highest BCUT2D eigenvalue weighted by atomic mass is 35.5. The molecule has 21 heavy (non-hydrogen) atoms. The maximum atomic E-state index is 11.8. The van der Waals surface area contributed by atoms with E-state index in [1.807, 2.05) is 32.6 Å². The number of alkyl carbamates (subject to hydrolysis) is 1. The fourth-order valence-corrected chi connectivity index (χ4v) is 2.22. The summed E-state index contributed by atoms with van der Waals surface area (Å²) in [5.74, 6) is 0.596. The van der Waals surface area contributed by atoms with Gasteiger partial charge in [-0.15, -0.1) is 0 Å². The van der Waals surface area contributed by atoms with Gasteiger partial charge in [0.15, 0.2) is 0 Å². The van der Waals surface area contributed by atoms with Crippen molar-refractivity contribution in [2.75, 3.05) is 18.0 Å². The monoisotopic (exact) mass is 312 g/mol. The van der Waals surface area contributed by atoms with Crippen LogP contribution in [0.15, 0.2) is 6.20 Å². The number of anilines is 1. The molecule has 0 radical (unpaired) electrons. The molecule has 1 aromatic heterocycles. The SMILES string of the molecule is Cc1cnc(N2CC[C@@H](NC(=O)OC(C)(C)C)C2)nc1Cl. The van der Waals surface area contributed by atoms with Crippen molar-refractivity contribution in [2.45, 2.75) is 45.8 Å². The van der Waals surface area contributed by atoms with Gasteiger partial charge in [-0.3, -0.25) is 0 Å². The summed E-state index contributed by atoms with van der Waals surface area (Å²) in [6.45, 7) is 8.82. The van der Waals surface area contributed by atoms with Crippen molar-refractivity contribution in [1.29, 1.82) is 0 Å². The van der Waals surface area contributed by atoms with E-state index in [0.29, 0.717) is 17.6 Å². The Kier molecular flexibility index (Phi) is 4.56. The van der Waals surface area contributed by atoms with E-state index in [-0.39, 0.29) is 6.04 Å². The summed E-state index contributed by atoms with van der Waals surface area (Å²) in [4.78, 5) is 22.3. The first-order valence-corrected chi connectivity index (χ1v) is 7.36. The van der Waals surface area contributed by atoms with Gasteiger partial charge in [0.2, 0.25) is 5.95 Å². The van der Waals surface area contributed by atoms with Crippen LogP contribution < -0.4 is 10.2 Å². The Morgan fingerprint density at radius 3 is 2.86 bits per heavy atom. The Hall–Kier alpha value is -1.56. The van der Waals surface area contributed by atoms with Gasteiger partial charge in [0.1, 0.15) is 10.8 Å². The van der Waals surface area contributed by atoms with Gasteiger partial charge in [0.05, 0.1) is 6.04 Å². The molecular formula is C14H21ClN4O2. The van der Waals surface area contributed by atoms with Crippen LogP contribution in [0.5, 0.6) is 0 Å². The third-order valence-electron chi connectivity index (χ3n) is 3.09. The molecule has 1 saturated heterocycles. The summed E-state index contributed by atoms with van der Waals surface area (Å²) in [6.07, 6.45) is 2.14. The van der Waals surface area contributed by atoms with Crippen LogP contribution in [-0.2, 0) is 4.74 Å². The Labute approximate surface area is 129 Å². The Bertz CT molecular complexity index is 530. The minimum Gasteiger partial charge on any atom is -0.444 e. The molecule has 1 aliphatic rings. The lowest BCUT2D eigenvalue weighted by Gasteiger charge is -2.22. The number of rotatable bonds is 2. The summed E-state index contributed by atoms with van der Waals surface area (Å²) in [5.41, 5.74) is 0.360. The van der Waals surface area contributed by atoms with E-state index < -0.39 is 11.7 Å². The Morgan fingerprint density at radius 2 is 2.24 bits per heavy atom. The zero-order valence-electron chi connectivity index (χ0n) is 12.8. The van der Waals surface area contributed by atoms with Gasteiger partial charge < -0.3 is 15.0 Å². The highest BCUT2D eigenvalue weighted by molar-refractivity contribution is 6.30. The summed E-state index contributed by atoms with van der Waals surface area (Å²) in [7, 11) is 0.